The third-order valence-electron chi connectivity index (χ3n) is 3.42. The number of nitrogens with zero attached hydrogens (tertiary/aromatic N) is 1. The van der Waals surface area contributed by atoms with Crippen LogP contribution in [0.5, 0.6) is 0 Å². The number of piperidine rings is 2. The van der Waals surface area contributed by atoms with Gasteiger partial charge in [0.15, 0.2) is 0 Å². The van der Waals surface area contributed by atoms with E-state index in [0.29, 0.717) is 6.42 Å². The lowest BCUT2D eigenvalue weighted by molar-refractivity contribution is -0.138. The molecule has 2 saturated heterocycles. The molecule has 0 saturated carbocycles. The standard InChI is InChI=1S/C12H21N3O2/c16-11(14-10-4-3-6-13-8-10)9-15-7-2-1-5-12(15)17/h10,13H,1-9H2,(H,14,16)/t10-/m0/s1. The molecule has 96 valence electrons. The van der Waals surface area contributed by atoms with Crippen LogP contribution < -0.4 is 10.6 Å². The van der Waals surface area contributed by atoms with Crippen LogP contribution in [0, 0.1) is 0 Å². The molecular weight excluding hydrogens is 218 g/mol. The summed E-state index contributed by atoms with van der Waals surface area (Å²) in [6.45, 7) is 2.85. The van der Waals surface area contributed by atoms with Gasteiger partial charge in [-0.25, -0.2) is 0 Å². The molecule has 17 heavy (non-hydrogen) atoms. The molecule has 1 atom stereocenters. The van der Waals surface area contributed by atoms with Crippen molar-refractivity contribution in [2.75, 3.05) is 26.2 Å². The number of nitrogens with one attached hydrogen (secondary N) is 2. The summed E-state index contributed by atoms with van der Waals surface area (Å²) in [5.74, 6) is 0.0992. The van der Waals surface area contributed by atoms with E-state index in [9.17, 15) is 9.59 Å². The van der Waals surface area contributed by atoms with Gasteiger partial charge >= 0.3 is 0 Å². The van der Waals surface area contributed by atoms with E-state index < -0.39 is 0 Å². The molecule has 2 aliphatic heterocycles. The molecule has 0 aromatic heterocycles. The number of carbonyl (C=O) groups excluding carboxylic acids is 2. The van der Waals surface area contributed by atoms with Gasteiger partial charge in [0, 0.05) is 25.6 Å². The summed E-state index contributed by atoms with van der Waals surface area (Å²) < 4.78 is 0. The summed E-state index contributed by atoms with van der Waals surface area (Å²) in [6, 6.07) is 0.233. The zero-order valence-electron chi connectivity index (χ0n) is 10.2. The number of likely N-dealkylation sites (tertiary alicyclic amines) is 1. The van der Waals surface area contributed by atoms with Crippen molar-refractivity contribution in [3.63, 3.8) is 0 Å². The van der Waals surface area contributed by atoms with Gasteiger partial charge in [0.25, 0.3) is 0 Å². The lowest BCUT2D eigenvalue weighted by atomic mass is 10.1. The van der Waals surface area contributed by atoms with Crippen LogP contribution in [0.25, 0.3) is 0 Å². The molecule has 2 amide bonds. The van der Waals surface area contributed by atoms with Gasteiger partial charge < -0.3 is 15.5 Å². The van der Waals surface area contributed by atoms with Gasteiger partial charge in [-0.3, -0.25) is 9.59 Å². The third-order valence-corrected chi connectivity index (χ3v) is 3.42. The average molecular weight is 239 g/mol. The Morgan fingerprint density at radius 3 is 3.00 bits per heavy atom. The van der Waals surface area contributed by atoms with Gasteiger partial charge in [0.1, 0.15) is 0 Å². The fourth-order valence-electron chi connectivity index (χ4n) is 2.45. The van der Waals surface area contributed by atoms with E-state index in [1.807, 2.05) is 0 Å². The molecule has 5 heteroatoms. The van der Waals surface area contributed by atoms with Crippen LogP contribution in [0.4, 0.5) is 0 Å². The molecular formula is C12H21N3O2. The number of hydrogen-bond donors (Lipinski definition) is 2. The van der Waals surface area contributed by atoms with E-state index in [2.05, 4.69) is 10.6 Å². The maximum atomic E-state index is 11.8. The van der Waals surface area contributed by atoms with Gasteiger partial charge in [-0.2, -0.15) is 0 Å². The highest BCUT2D eigenvalue weighted by Gasteiger charge is 2.22. The fourth-order valence-corrected chi connectivity index (χ4v) is 2.45. The van der Waals surface area contributed by atoms with E-state index in [0.717, 1.165) is 45.3 Å². The quantitative estimate of drug-likeness (QED) is 0.721. The third kappa shape index (κ3) is 3.70. The second kappa shape index (κ2) is 6.00. The predicted molar refractivity (Wildman–Crippen MR) is 64.5 cm³/mol. The van der Waals surface area contributed by atoms with E-state index in [1.165, 1.54) is 0 Å². The largest absolute Gasteiger partial charge is 0.351 e. The average Bonchev–Trinajstić information content (AvgIpc) is 2.33. The molecule has 5 nitrogen and oxygen atoms in total. The highest BCUT2D eigenvalue weighted by atomic mass is 16.2. The molecule has 2 rings (SSSR count). The maximum absolute atomic E-state index is 11.8. The first kappa shape index (κ1) is 12.4. The molecule has 0 unspecified atom stereocenters. The minimum absolute atomic E-state index is 0.0195. The molecule has 0 aromatic carbocycles. The van der Waals surface area contributed by atoms with Gasteiger partial charge in [-0.1, -0.05) is 0 Å². The van der Waals surface area contributed by atoms with Crippen molar-refractivity contribution < 1.29 is 9.59 Å². The lowest BCUT2D eigenvalue weighted by Gasteiger charge is -2.28. The molecule has 0 aliphatic carbocycles. The number of hydrogen-bond acceptors (Lipinski definition) is 3. The van der Waals surface area contributed by atoms with Gasteiger partial charge in [-0.05, 0) is 32.2 Å². The van der Waals surface area contributed by atoms with Gasteiger partial charge in [-0.15, -0.1) is 0 Å². The Morgan fingerprint density at radius 2 is 2.29 bits per heavy atom. The minimum atomic E-state index is -0.0195. The number of amides is 2. The highest BCUT2D eigenvalue weighted by Crippen LogP contribution is 2.10. The van der Waals surface area contributed by atoms with Crippen molar-refractivity contribution in [2.45, 2.75) is 38.1 Å². The Kier molecular flexibility index (Phi) is 4.36. The van der Waals surface area contributed by atoms with E-state index in [-0.39, 0.29) is 24.4 Å². The Hall–Kier alpha value is -1.10. The van der Waals surface area contributed by atoms with Gasteiger partial charge in [0.05, 0.1) is 6.54 Å². The molecule has 0 radical (unpaired) electrons. The highest BCUT2D eigenvalue weighted by molar-refractivity contribution is 5.85. The topological polar surface area (TPSA) is 61.4 Å². The monoisotopic (exact) mass is 239 g/mol. The SMILES string of the molecule is O=C(CN1CCCCC1=O)N[C@H]1CCCNC1. The van der Waals surface area contributed by atoms with Crippen molar-refractivity contribution in [1.29, 1.82) is 0 Å². The predicted octanol–water partition coefficient (Wildman–Crippen LogP) is -0.133. The first-order valence-electron chi connectivity index (χ1n) is 6.53. The van der Waals surface area contributed by atoms with Gasteiger partial charge in [0.2, 0.25) is 11.8 Å². The fraction of sp³-hybridized carbons (Fsp3) is 0.833. The van der Waals surface area contributed by atoms with Crippen LogP contribution in [0.2, 0.25) is 0 Å². The Labute approximate surface area is 102 Å². The second-order valence-corrected chi connectivity index (χ2v) is 4.88. The summed E-state index contributed by atoms with van der Waals surface area (Å²) in [4.78, 5) is 25.0. The summed E-state index contributed by atoms with van der Waals surface area (Å²) in [6.07, 6.45) is 4.71. The number of carbonyl (C=O) groups is 2. The molecule has 0 spiro atoms. The molecule has 2 heterocycles. The first-order valence-corrected chi connectivity index (χ1v) is 6.53. The molecule has 0 aromatic rings. The Bertz CT molecular complexity index is 287. The molecule has 2 N–H and O–H groups in total. The van der Waals surface area contributed by atoms with Crippen LogP contribution in [0.3, 0.4) is 0 Å². The van der Waals surface area contributed by atoms with Crippen molar-refractivity contribution in [1.82, 2.24) is 15.5 Å². The van der Waals surface area contributed by atoms with E-state index >= 15 is 0 Å². The van der Waals surface area contributed by atoms with Crippen molar-refractivity contribution in [3.8, 4) is 0 Å². The smallest absolute Gasteiger partial charge is 0.239 e. The van der Waals surface area contributed by atoms with Crippen LogP contribution in [0.15, 0.2) is 0 Å². The van der Waals surface area contributed by atoms with Crippen molar-refractivity contribution in [2.24, 2.45) is 0 Å². The van der Waals surface area contributed by atoms with Crippen LogP contribution >= 0.6 is 0 Å². The number of rotatable bonds is 3. The van der Waals surface area contributed by atoms with E-state index in [4.69, 9.17) is 0 Å². The summed E-state index contributed by atoms with van der Waals surface area (Å²) in [7, 11) is 0. The zero-order valence-corrected chi connectivity index (χ0v) is 10.2. The molecule has 2 aliphatic rings. The lowest BCUT2D eigenvalue weighted by Crippen LogP contribution is -2.50. The zero-order chi connectivity index (χ0) is 12.1. The van der Waals surface area contributed by atoms with Crippen molar-refractivity contribution >= 4 is 11.8 Å². The Balaban J connectivity index is 1.74. The molecule has 2 fully saturated rings. The summed E-state index contributed by atoms with van der Waals surface area (Å²) in [5.41, 5.74) is 0. The first-order chi connectivity index (χ1) is 8.25. The van der Waals surface area contributed by atoms with Crippen molar-refractivity contribution in [3.05, 3.63) is 0 Å². The summed E-state index contributed by atoms with van der Waals surface area (Å²) >= 11 is 0. The van der Waals surface area contributed by atoms with Crippen LogP contribution in [-0.4, -0.2) is 48.9 Å². The minimum Gasteiger partial charge on any atom is -0.351 e. The Morgan fingerprint density at radius 1 is 1.41 bits per heavy atom. The summed E-state index contributed by atoms with van der Waals surface area (Å²) in [5, 5.41) is 6.25. The second-order valence-electron chi connectivity index (χ2n) is 4.88. The normalized spacial score (nSPS) is 25.8. The molecule has 0 bridgehead atoms. The van der Waals surface area contributed by atoms with E-state index in [1.54, 1.807) is 4.90 Å². The van der Waals surface area contributed by atoms with Crippen LogP contribution in [-0.2, 0) is 9.59 Å². The maximum Gasteiger partial charge on any atom is 0.239 e. The van der Waals surface area contributed by atoms with Crippen LogP contribution in [0.1, 0.15) is 32.1 Å².